The van der Waals surface area contributed by atoms with Crippen molar-refractivity contribution in [2.75, 3.05) is 14.2 Å². The lowest BCUT2D eigenvalue weighted by Crippen LogP contribution is -1.99. The number of Topliss-reactive ketones (excluding diaryl/α,β-unsaturated/α-hetero) is 1. The number of ketones is 1. The standard InChI is InChI=1S/C24H19FO5/c1-27-17-8-7-15(21(12-17)28-2)11-23-24(26)19-10-9-18(13-22(19)30-23)29-14-16-5-3-4-6-20(16)25/h3-13H,14H2,1-2H3/b23-11+. The molecule has 0 fully saturated rings. The van der Waals surface area contributed by atoms with E-state index in [1.54, 1.807) is 74.9 Å². The van der Waals surface area contributed by atoms with Gasteiger partial charge in [0.2, 0.25) is 5.78 Å². The average Bonchev–Trinajstić information content (AvgIpc) is 3.08. The van der Waals surface area contributed by atoms with Gasteiger partial charge in [0.1, 0.15) is 35.4 Å². The van der Waals surface area contributed by atoms with E-state index in [9.17, 15) is 9.18 Å². The largest absolute Gasteiger partial charge is 0.497 e. The molecule has 0 unspecified atom stereocenters. The van der Waals surface area contributed by atoms with E-state index in [2.05, 4.69) is 0 Å². The highest BCUT2D eigenvalue weighted by molar-refractivity contribution is 6.14. The Balaban J connectivity index is 1.54. The Morgan fingerprint density at radius 3 is 2.53 bits per heavy atom. The third kappa shape index (κ3) is 3.85. The summed E-state index contributed by atoms with van der Waals surface area (Å²) in [5.74, 6) is 1.69. The maximum absolute atomic E-state index is 13.8. The summed E-state index contributed by atoms with van der Waals surface area (Å²) in [4.78, 5) is 12.7. The molecule has 0 bridgehead atoms. The molecule has 3 aromatic carbocycles. The maximum atomic E-state index is 13.8. The van der Waals surface area contributed by atoms with Gasteiger partial charge in [-0.1, -0.05) is 18.2 Å². The second-order valence-corrected chi connectivity index (χ2v) is 6.59. The average molecular weight is 406 g/mol. The van der Waals surface area contributed by atoms with Gasteiger partial charge in [0.05, 0.1) is 19.8 Å². The molecule has 30 heavy (non-hydrogen) atoms. The Labute approximate surface area is 173 Å². The number of benzene rings is 3. The molecule has 6 heteroatoms. The van der Waals surface area contributed by atoms with Crippen molar-refractivity contribution in [3.63, 3.8) is 0 Å². The van der Waals surface area contributed by atoms with E-state index in [0.29, 0.717) is 39.7 Å². The van der Waals surface area contributed by atoms with Crippen LogP contribution < -0.4 is 18.9 Å². The van der Waals surface area contributed by atoms with Gasteiger partial charge in [-0.05, 0) is 36.4 Å². The Bertz CT molecular complexity index is 1140. The van der Waals surface area contributed by atoms with Gasteiger partial charge in [-0.3, -0.25) is 4.79 Å². The fourth-order valence-electron chi connectivity index (χ4n) is 3.11. The number of fused-ring (bicyclic) bond motifs is 1. The number of carbonyl (C=O) groups excluding carboxylic acids is 1. The summed E-state index contributed by atoms with van der Waals surface area (Å²) in [5.41, 5.74) is 1.57. The highest BCUT2D eigenvalue weighted by atomic mass is 19.1. The van der Waals surface area contributed by atoms with Gasteiger partial charge in [-0.2, -0.15) is 0 Å². The molecule has 0 saturated heterocycles. The number of halogens is 1. The van der Waals surface area contributed by atoms with Gasteiger partial charge in [0.15, 0.2) is 5.76 Å². The van der Waals surface area contributed by atoms with Crippen molar-refractivity contribution in [3.8, 4) is 23.0 Å². The van der Waals surface area contributed by atoms with Crippen molar-refractivity contribution in [2.45, 2.75) is 6.61 Å². The molecule has 0 N–H and O–H groups in total. The van der Waals surface area contributed by atoms with Crippen LogP contribution in [0.4, 0.5) is 4.39 Å². The molecular formula is C24H19FO5. The van der Waals surface area contributed by atoms with Gasteiger partial charge in [-0.15, -0.1) is 0 Å². The van der Waals surface area contributed by atoms with Crippen LogP contribution in [0, 0.1) is 5.82 Å². The van der Waals surface area contributed by atoms with Crippen molar-refractivity contribution in [3.05, 3.63) is 88.9 Å². The van der Waals surface area contributed by atoms with Crippen LogP contribution in [-0.4, -0.2) is 20.0 Å². The molecule has 4 rings (SSSR count). The van der Waals surface area contributed by atoms with Crippen LogP contribution in [0.1, 0.15) is 21.5 Å². The maximum Gasteiger partial charge on any atom is 0.231 e. The summed E-state index contributed by atoms with van der Waals surface area (Å²) in [6, 6.07) is 16.6. The number of ether oxygens (including phenoxy) is 4. The summed E-state index contributed by atoms with van der Waals surface area (Å²) in [6.07, 6.45) is 1.63. The molecule has 0 saturated carbocycles. The predicted molar refractivity (Wildman–Crippen MR) is 110 cm³/mol. The van der Waals surface area contributed by atoms with E-state index in [0.717, 1.165) is 0 Å². The minimum absolute atomic E-state index is 0.0746. The van der Waals surface area contributed by atoms with Crippen LogP contribution in [0.15, 0.2) is 66.4 Å². The van der Waals surface area contributed by atoms with Crippen molar-refractivity contribution < 1.29 is 28.1 Å². The topological polar surface area (TPSA) is 54.0 Å². The van der Waals surface area contributed by atoms with E-state index in [1.165, 1.54) is 6.07 Å². The Kier molecular flexibility index (Phi) is 5.39. The summed E-state index contributed by atoms with van der Waals surface area (Å²) in [7, 11) is 3.11. The zero-order valence-electron chi connectivity index (χ0n) is 16.5. The first-order valence-corrected chi connectivity index (χ1v) is 9.25. The fraction of sp³-hybridized carbons (Fsp3) is 0.125. The quantitative estimate of drug-likeness (QED) is 0.537. The summed E-state index contributed by atoms with van der Waals surface area (Å²) >= 11 is 0. The molecule has 0 aliphatic carbocycles. The smallest absolute Gasteiger partial charge is 0.231 e. The molecule has 1 aliphatic heterocycles. The van der Waals surface area contributed by atoms with E-state index in [-0.39, 0.29) is 24.0 Å². The molecule has 0 spiro atoms. The first-order valence-electron chi connectivity index (χ1n) is 9.25. The monoisotopic (exact) mass is 406 g/mol. The van der Waals surface area contributed by atoms with Crippen LogP contribution in [0.25, 0.3) is 6.08 Å². The molecule has 3 aromatic rings. The fourth-order valence-corrected chi connectivity index (χ4v) is 3.11. The van der Waals surface area contributed by atoms with Gasteiger partial charge in [-0.25, -0.2) is 4.39 Å². The number of rotatable bonds is 6. The van der Waals surface area contributed by atoms with E-state index >= 15 is 0 Å². The van der Waals surface area contributed by atoms with Crippen molar-refractivity contribution in [1.82, 2.24) is 0 Å². The molecule has 152 valence electrons. The van der Waals surface area contributed by atoms with Gasteiger partial charge < -0.3 is 18.9 Å². The Morgan fingerprint density at radius 1 is 0.967 bits per heavy atom. The minimum atomic E-state index is -0.330. The molecule has 0 radical (unpaired) electrons. The van der Waals surface area contributed by atoms with E-state index in [1.807, 2.05) is 0 Å². The van der Waals surface area contributed by atoms with Crippen molar-refractivity contribution >= 4 is 11.9 Å². The molecule has 0 atom stereocenters. The highest BCUT2D eigenvalue weighted by Gasteiger charge is 2.28. The molecule has 0 aromatic heterocycles. The number of hydrogen-bond acceptors (Lipinski definition) is 5. The lowest BCUT2D eigenvalue weighted by atomic mass is 10.1. The third-order valence-electron chi connectivity index (χ3n) is 4.72. The number of hydrogen-bond donors (Lipinski definition) is 0. The second kappa shape index (κ2) is 8.29. The van der Waals surface area contributed by atoms with Crippen LogP contribution in [-0.2, 0) is 6.61 Å². The lowest BCUT2D eigenvalue weighted by Gasteiger charge is -2.08. The molecular weight excluding hydrogens is 387 g/mol. The van der Waals surface area contributed by atoms with Crippen molar-refractivity contribution in [2.24, 2.45) is 0 Å². The third-order valence-corrected chi connectivity index (χ3v) is 4.72. The molecule has 1 heterocycles. The predicted octanol–water partition coefficient (Wildman–Crippen LogP) is 5.04. The first-order chi connectivity index (χ1) is 14.6. The van der Waals surface area contributed by atoms with Crippen LogP contribution in [0.5, 0.6) is 23.0 Å². The Hall–Kier alpha value is -3.80. The summed E-state index contributed by atoms with van der Waals surface area (Å²) in [6.45, 7) is 0.0746. The number of allylic oxidation sites excluding steroid dienone is 1. The summed E-state index contributed by atoms with van der Waals surface area (Å²) < 4.78 is 35.8. The van der Waals surface area contributed by atoms with Crippen molar-refractivity contribution in [1.29, 1.82) is 0 Å². The Morgan fingerprint density at radius 2 is 1.77 bits per heavy atom. The lowest BCUT2D eigenvalue weighted by molar-refractivity contribution is 0.101. The molecule has 0 amide bonds. The second-order valence-electron chi connectivity index (χ2n) is 6.59. The van der Waals surface area contributed by atoms with E-state index in [4.69, 9.17) is 18.9 Å². The minimum Gasteiger partial charge on any atom is -0.497 e. The SMILES string of the molecule is COc1ccc(/C=C2/Oc3cc(OCc4ccccc4F)ccc3C2=O)c(OC)c1. The van der Waals surface area contributed by atoms with Gasteiger partial charge in [0.25, 0.3) is 0 Å². The van der Waals surface area contributed by atoms with E-state index < -0.39 is 0 Å². The molecule has 5 nitrogen and oxygen atoms in total. The zero-order chi connectivity index (χ0) is 21.1. The van der Waals surface area contributed by atoms with Crippen LogP contribution in [0.3, 0.4) is 0 Å². The summed E-state index contributed by atoms with van der Waals surface area (Å²) in [5, 5.41) is 0. The van der Waals surface area contributed by atoms with Gasteiger partial charge in [0, 0.05) is 23.3 Å². The number of carbonyl (C=O) groups is 1. The van der Waals surface area contributed by atoms with Crippen LogP contribution in [0.2, 0.25) is 0 Å². The number of methoxy groups -OCH3 is 2. The highest BCUT2D eigenvalue weighted by Crippen LogP contribution is 2.36. The van der Waals surface area contributed by atoms with Gasteiger partial charge >= 0.3 is 0 Å². The first kappa shape index (κ1) is 19.5. The van der Waals surface area contributed by atoms with Crippen LogP contribution >= 0.6 is 0 Å². The normalized spacial score (nSPS) is 13.7. The molecule has 1 aliphatic rings. The zero-order valence-corrected chi connectivity index (χ0v) is 16.5.